The zero-order valence-electron chi connectivity index (χ0n) is 16.3. The van der Waals surface area contributed by atoms with Gasteiger partial charge in [-0.1, -0.05) is 12.1 Å². The highest BCUT2D eigenvalue weighted by atomic mass is 16.5. The lowest BCUT2D eigenvalue weighted by atomic mass is 10.1. The number of carbonyl (C=O) groups is 2. The van der Waals surface area contributed by atoms with Crippen LogP contribution in [0.4, 0.5) is 0 Å². The summed E-state index contributed by atoms with van der Waals surface area (Å²) in [6.45, 7) is 5.65. The molecule has 0 unspecified atom stereocenters. The molecule has 3 rings (SSSR count). The van der Waals surface area contributed by atoms with Crippen molar-refractivity contribution in [1.29, 1.82) is 0 Å². The normalized spacial score (nSPS) is 10.9. The molecule has 0 fully saturated rings. The molecule has 6 heteroatoms. The van der Waals surface area contributed by atoms with E-state index in [1.54, 1.807) is 63.2 Å². The minimum absolute atomic E-state index is 0.218. The summed E-state index contributed by atoms with van der Waals surface area (Å²) in [5.41, 5.74) is 2.39. The third-order valence-electron chi connectivity index (χ3n) is 4.16. The number of esters is 2. The van der Waals surface area contributed by atoms with Gasteiger partial charge in [-0.15, -0.1) is 0 Å². The Morgan fingerprint density at radius 2 is 1.75 bits per heavy atom. The van der Waals surface area contributed by atoms with Crippen molar-refractivity contribution >= 4 is 22.9 Å². The predicted octanol–water partition coefficient (Wildman–Crippen LogP) is 4.67. The maximum Gasteiger partial charge on any atom is 0.342 e. The molecule has 0 saturated heterocycles. The molecule has 0 amide bonds. The second-order valence-electron chi connectivity index (χ2n) is 6.62. The molecule has 0 aliphatic rings. The van der Waals surface area contributed by atoms with Crippen LogP contribution in [0.3, 0.4) is 0 Å². The van der Waals surface area contributed by atoms with E-state index in [2.05, 4.69) is 4.74 Å². The van der Waals surface area contributed by atoms with E-state index in [-0.39, 0.29) is 12.1 Å². The first kappa shape index (κ1) is 19.5. The maximum absolute atomic E-state index is 12.4. The fourth-order valence-electron chi connectivity index (χ4n) is 2.84. The minimum atomic E-state index is -0.415. The van der Waals surface area contributed by atoms with E-state index in [9.17, 15) is 9.59 Å². The van der Waals surface area contributed by atoms with Crippen molar-refractivity contribution in [3.8, 4) is 5.75 Å². The molecule has 0 spiro atoms. The summed E-state index contributed by atoms with van der Waals surface area (Å²) < 4.78 is 21.5. The molecule has 2 aromatic carbocycles. The zero-order chi connectivity index (χ0) is 20.3. The number of carbonyl (C=O) groups excluding carboxylic acids is 2. The highest BCUT2D eigenvalue weighted by Crippen LogP contribution is 2.30. The molecule has 6 nitrogen and oxygen atoms in total. The van der Waals surface area contributed by atoms with Crippen LogP contribution in [0.15, 0.2) is 46.9 Å². The Labute approximate surface area is 163 Å². The zero-order valence-corrected chi connectivity index (χ0v) is 16.3. The Bertz CT molecular complexity index is 998. The predicted molar refractivity (Wildman–Crippen MR) is 104 cm³/mol. The number of aryl methyl sites for hydroxylation is 1. The standard InChI is InChI=1S/C22H22O6/c1-13(2)27-22(24)20-14(3)28-19-10-9-17(11-18(19)20)26-12-15-5-7-16(8-6-15)21(23)25-4/h5-11,13H,12H2,1-4H3. The maximum atomic E-state index is 12.4. The molecule has 0 saturated carbocycles. The minimum Gasteiger partial charge on any atom is -0.489 e. The van der Waals surface area contributed by atoms with Crippen LogP contribution in [0, 0.1) is 6.92 Å². The SMILES string of the molecule is COC(=O)c1ccc(COc2ccc3oc(C)c(C(=O)OC(C)C)c3c2)cc1. The van der Waals surface area contributed by atoms with Gasteiger partial charge < -0.3 is 18.6 Å². The van der Waals surface area contributed by atoms with Crippen LogP contribution in [0.2, 0.25) is 0 Å². The summed E-state index contributed by atoms with van der Waals surface area (Å²) in [5, 5.41) is 0.654. The van der Waals surface area contributed by atoms with E-state index in [1.807, 2.05) is 0 Å². The van der Waals surface area contributed by atoms with Crippen LogP contribution in [0.25, 0.3) is 11.0 Å². The summed E-state index contributed by atoms with van der Waals surface area (Å²) in [4.78, 5) is 23.9. The molecule has 1 heterocycles. The molecule has 0 bridgehead atoms. The molecule has 146 valence electrons. The van der Waals surface area contributed by atoms with Gasteiger partial charge in [0.1, 0.15) is 29.3 Å². The van der Waals surface area contributed by atoms with Gasteiger partial charge in [-0.2, -0.15) is 0 Å². The largest absolute Gasteiger partial charge is 0.489 e. The van der Waals surface area contributed by atoms with E-state index in [4.69, 9.17) is 13.9 Å². The summed E-state index contributed by atoms with van der Waals surface area (Å²) in [6, 6.07) is 12.3. The first-order valence-electron chi connectivity index (χ1n) is 8.93. The number of hydrogen-bond acceptors (Lipinski definition) is 6. The first-order chi connectivity index (χ1) is 13.4. The molecule has 0 radical (unpaired) electrons. The number of furan rings is 1. The molecule has 3 aromatic rings. The third kappa shape index (κ3) is 4.17. The van der Waals surface area contributed by atoms with Crippen molar-refractivity contribution in [2.75, 3.05) is 7.11 Å². The summed E-state index contributed by atoms with van der Waals surface area (Å²) in [5.74, 6) is 0.316. The van der Waals surface area contributed by atoms with Gasteiger partial charge in [0.05, 0.1) is 18.8 Å². The number of benzene rings is 2. The topological polar surface area (TPSA) is 75.0 Å². The molecule has 0 N–H and O–H groups in total. The summed E-state index contributed by atoms with van der Waals surface area (Å²) in [7, 11) is 1.35. The van der Waals surface area contributed by atoms with Gasteiger partial charge in [0.2, 0.25) is 0 Å². The van der Waals surface area contributed by atoms with Gasteiger partial charge in [-0.25, -0.2) is 9.59 Å². The van der Waals surface area contributed by atoms with Gasteiger partial charge in [-0.05, 0) is 56.7 Å². The van der Waals surface area contributed by atoms with Crippen molar-refractivity contribution in [2.45, 2.75) is 33.5 Å². The lowest BCUT2D eigenvalue weighted by Gasteiger charge is -2.09. The average Bonchev–Trinajstić information content (AvgIpc) is 3.00. The van der Waals surface area contributed by atoms with Crippen molar-refractivity contribution in [3.05, 3.63) is 64.9 Å². The van der Waals surface area contributed by atoms with Gasteiger partial charge in [0.15, 0.2) is 0 Å². The fraction of sp³-hybridized carbons (Fsp3) is 0.273. The highest BCUT2D eigenvalue weighted by Gasteiger charge is 2.21. The van der Waals surface area contributed by atoms with Crippen LogP contribution < -0.4 is 4.74 Å². The molecule has 1 aromatic heterocycles. The molecule has 0 atom stereocenters. The van der Waals surface area contributed by atoms with Crippen LogP contribution >= 0.6 is 0 Å². The third-order valence-corrected chi connectivity index (χ3v) is 4.16. The quantitative estimate of drug-likeness (QED) is 0.577. The van der Waals surface area contributed by atoms with Crippen molar-refractivity contribution < 1.29 is 28.2 Å². The second-order valence-corrected chi connectivity index (χ2v) is 6.62. The van der Waals surface area contributed by atoms with Crippen molar-refractivity contribution in [3.63, 3.8) is 0 Å². The van der Waals surface area contributed by atoms with Gasteiger partial charge in [0.25, 0.3) is 0 Å². The Morgan fingerprint density at radius 3 is 2.39 bits per heavy atom. The lowest BCUT2D eigenvalue weighted by molar-refractivity contribution is 0.0377. The fourth-order valence-corrected chi connectivity index (χ4v) is 2.84. The Hall–Kier alpha value is -3.28. The number of hydrogen-bond donors (Lipinski definition) is 0. The number of ether oxygens (including phenoxy) is 3. The average molecular weight is 382 g/mol. The van der Waals surface area contributed by atoms with Crippen molar-refractivity contribution in [1.82, 2.24) is 0 Å². The van der Waals surface area contributed by atoms with Gasteiger partial charge >= 0.3 is 11.9 Å². The first-order valence-corrected chi connectivity index (χ1v) is 8.93. The Morgan fingerprint density at radius 1 is 1.04 bits per heavy atom. The van der Waals surface area contributed by atoms with E-state index < -0.39 is 5.97 Å². The van der Waals surface area contributed by atoms with Gasteiger partial charge in [0, 0.05) is 5.39 Å². The number of rotatable bonds is 6. The van der Waals surface area contributed by atoms with Crippen LogP contribution in [-0.4, -0.2) is 25.2 Å². The molecule has 0 aliphatic carbocycles. The molecule has 28 heavy (non-hydrogen) atoms. The Balaban J connectivity index is 1.78. The highest BCUT2D eigenvalue weighted by molar-refractivity contribution is 6.04. The molecule has 0 aliphatic heterocycles. The van der Waals surface area contributed by atoms with Crippen LogP contribution in [0.1, 0.15) is 45.9 Å². The van der Waals surface area contributed by atoms with Crippen LogP contribution in [0.5, 0.6) is 5.75 Å². The summed E-state index contributed by atoms with van der Waals surface area (Å²) in [6.07, 6.45) is -0.218. The van der Waals surface area contributed by atoms with E-state index in [0.717, 1.165) is 5.56 Å². The summed E-state index contributed by atoms with van der Waals surface area (Å²) >= 11 is 0. The van der Waals surface area contributed by atoms with Crippen molar-refractivity contribution in [2.24, 2.45) is 0 Å². The van der Waals surface area contributed by atoms with Crippen LogP contribution in [-0.2, 0) is 16.1 Å². The number of methoxy groups -OCH3 is 1. The molecular formula is C22H22O6. The lowest BCUT2D eigenvalue weighted by Crippen LogP contribution is -2.12. The van der Waals surface area contributed by atoms with E-state index in [1.165, 1.54) is 7.11 Å². The smallest absolute Gasteiger partial charge is 0.342 e. The Kier molecular flexibility index (Phi) is 5.68. The number of fused-ring (bicyclic) bond motifs is 1. The monoisotopic (exact) mass is 382 g/mol. The van der Waals surface area contributed by atoms with Gasteiger partial charge in [-0.3, -0.25) is 0 Å². The van der Waals surface area contributed by atoms with E-state index in [0.29, 0.717) is 40.2 Å². The van der Waals surface area contributed by atoms with E-state index >= 15 is 0 Å². The second kappa shape index (κ2) is 8.17. The molecular weight excluding hydrogens is 360 g/mol.